The smallest absolute Gasteiger partial charge is 0.319 e. The average Bonchev–Trinajstić information content (AvgIpc) is 3.29. The van der Waals surface area contributed by atoms with Crippen molar-refractivity contribution >= 4 is 35.2 Å². The first-order chi connectivity index (χ1) is 16.9. The molecule has 3 aromatic carbocycles. The van der Waals surface area contributed by atoms with Crippen molar-refractivity contribution in [3.8, 4) is 5.69 Å². The van der Waals surface area contributed by atoms with Crippen LogP contribution in [-0.4, -0.2) is 27.1 Å². The Morgan fingerprint density at radius 3 is 2.34 bits per heavy atom. The van der Waals surface area contributed by atoms with Crippen LogP contribution in [0.3, 0.4) is 0 Å². The number of halogens is 1. The van der Waals surface area contributed by atoms with E-state index in [0.29, 0.717) is 22.4 Å². The molecule has 1 aromatic heterocycles. The van der Waals surface area contributed by atoms with Crippen LogP contribution in [0.2, 0.25) is 0 Å². The van der Waals surface area contributed by atoms with E-state index < -0.39 is 6.04 Å². The minimum absolute atomic E-state index is 0.262. The molecule has 1 unspecified atom stereocenters. The van der Waals surface area contributed by atoms with Crippen LogP contribution in [0.5, 0.6) is 0 Å². The fourth-order valence-electron chi connectivity index (χ4n) is 3.42. The van der Waals surface area contributed by atoms with Gasteiger partial charge in [0.15, 0.2) is 11.0 Å². The fourth-order valence-corrected chi connectivity index (χ4v) is 4.75. The molecule has 0 saturated heterocycles. The fraction of sp³-hybridized carbons (Fsp3) is 0.192. The molecule has 9 heteroatoms. The second-order valence-electron chi connectivity index (χ2n) is 7.98. The number of hydrogen-bond acceptors (Lipinski definition) is 5. The van der Waals surface area contributed by atoms with Gasteiger partial charge in [-0.05, 0) is 74.2 Å². The number of carbonyl (C=O) groups is 1. The molecule has 4 aromatic rings. The maximum Gasteiger partial charge on any atom is 0.319 e. The molecule has 0 saturated carbocycles. The summed E-state index contributed by atoms with van der Waals surface area (Å²) in [5.41, 5.74) is 3.73. The van der Waals surface area contributed by atoms with Gasteiger partial charge in [0, 0.05) is 22.0 Å². The van der Waals surface area contributed by atoms with Gasteiger partial charge >= 0.3 is 6.03 Å². The number of benzene rings is 3. The van der Waals surface area contributed by atoms with Crippen molar-refractivity contribution in [2.24, 2.45) is 0 Å². The molecule has 0 aliphatic carbocycles. The molecular weight excluding hydrogens is 481 g/mol. The van der Waals surface area contributed by atoms with Gasteiger partial charge in [-0.15, -0.1) is 22.0 Å². The van der Waals surface area contributed by atoms with Crippen LogP contribution in [0.4, 0.5) is 14.9 Å². The highest BCUT2D eigenvalue weighted by Crippen LogP contribution is 2.28. The van der Waals surface area contributed by atoms with E-state index in [9.17, 15) is 9.18 Å². The Labute approximate surface area is 212 Å². The Bertz CT molecular complexity index is 1270. The number of nitrogens with zero attached hydrogens (tertiary/aromatic N) is 3. The van der Waals surface area contributed by atoms with Crippen LogP contribution < -0.4 is 10.6 Å². The van der Waals surface area contributed by atoms with Gasteiger partial charge in [0.2, 0.25) is 0 Å². The summed E-state index contributed by atoms with van der Waals surface area (Å²) in [4.78, 5) is 13.8. The molecule has 1 heterocycles. The number of urea groups is 1. The van der Waals surface area contributed by atoms with E-state index in [-0.39, 0.29) is 11.8 Å². The molecule has 0 radical (unpaired) electrons. The molecule has 0 spiro atoms. The zero-order valence-corrected chi connectivity index (χ0v) is 21.3. The quantitative estimate of drug-likeness (QED) is 0.263. The van der Waals surface area contributed by atoms with E-state index >= 15 is 0 Å². The highest BCUT2D eigenvalue weighted by atomic mass is 32.2. The van der Waals surface area contributed by atoms with Gasteiger partial charge in [-0.3, -0.25) is 4.57 Å². The summed E-state index contributed by atoms with van der Waals surface area (Å²) in [6.45, 7) is 3.90. The Morgan fingerprint density at radius 2 is 1.69 bits per heavy atom. The SMILES string of the molecule is CSc1ccc(NC(=O)NC(C)c2nnc(SCc3ccc(F)cc3)n2-c2ccc(C)cc2)cc1. The van der Waals surface area contributed by atoms with Crippen LogP contribution in [0, 0.1) is 12.7 Å². The predicted molar refractivity (Wildman–Crippen MR) is 141 cm³/mol. The summed E-state index contributed by atoms with van der Waals surface area (Å²) in [5.74, 6) is 0.962. The van der Waals surface area contributed by atoms with E-state index in [2.05, 4.69) is 20.8 Å². The predicted octanol–water partition coefficient (Wildman–Crippen LogP) is 6.61. The van der Waals surface area contributed by atoms with Crippen molar-refractivity contribution in [3.05, 3.63) is 95.6 Å². The monoisotopic (exact) mass is 507 g/mol. The molecule has 180 valence electrons. The molecule has 6 nitrogen and oxygen atoms in total. The topological polar surface area (TPSA) is 71.8 Å². The first-order valence-corrected chi connectivity index (χ1v) is 13.2. The number of hydrogen-bond donors (Lipinski definition) is 2. The highest BCUT2D eigenvalue weighted by molar-refractivity contribution is 7.98. The Balaban J connectivity index is 1.53. The zero-order chi connectivity index (χ0) is 24.8. The highest BCUT2D eigenvalue weighted by Gasteiger charge is 2.21. The van der Waals surface area contributed by atoms with Crippen molar-refractivity contribution in [2.75, 3.05) is 11.6 Å². The first-order valence-electron chi connectivity index (χ1n) is 11.0. The van der Waals surface area contributed by atoms with Crippen molar-refractivity contribution in [2.45, 2.75) is 35.7 Å². The molecule has 2 amide bonds. The second kappa shape index (κ2) is 11.4. The summed E-state index contributed by atoms with van der Waals surface area (Å²) < 4.78 is 15.2. The molecule has 1 atom stereocenters. The van der Waals surface area contributed by atoms with Crippen LogP contribution in [0.25, 0.3) is 5.69 Å². The number of carbonyl (C=O) groups excluding carboxylic acids is 1. The summed E-state index contributed by atoms with van der Waals surface area (Å²) in [6.07, 6.45) is 2.01. The average molecular weight is 508 g/mol. The third-order valence-electron chi connectivity index (χ3n) is 5.31. The number of rotatable bonds is 8. The second-order valence-corrected chi connectivity index (χ2v) is 9.80. The third-order valence-corrected chi connectivity index (χ3v) is 7.06. The lowest BCUT2D eigenvalue weighted by Crippen LogP contribution is -2.32. The minimum atomic E-state index is -0.408. The lowest BCUT2D eigenvalue weighted by molar-refractivity contribution is 0.249. The van der Waals surface area contributed by atoms with E-state index in [1.165, 1.54) is 23.9 Å². The Kier molecular flexibility index (Phi) is 8.09. The van der Waals surface area contributed by atoms with Gasteiger partial charge in [0.25, 0.3) is 0 Å². The zero-order valence-electron chi connectivity index (χ0n) is 19.7. The molecule has 35 heavy (non-hydrogen) atoms. The van der Waals surface area contributed by atoms with Crippen LogP contribution in [-0.2, 0) is 5.75 Å². The van der Waals surface area contributed by atoms with Gasteiger partial charge in [-0.2, -0.15) is 0 Å². The van der Waals surface area contributed by atoms with E-state index in [1.807, 2.05) is 73.2 Å². The Morgan fingerprint density at radius 1 is 1.00 bits per heavy atom. The van der Waals surface area contributed by atoms with Gasteiger partial charge in [0.1, 0.15) is 5.82 Å². The molecule has 0 bridgehead atoms. The van der Waals surface area contributed by atoms with Crippen LogP contribution in [0.1, 0.15) is 29.9 Å². The normalized spacial score (nSPS) is 11.8. The number of aromatic nitrogens is 3. The molecule has 2 N–H and O–H groups in total. The maximum absolute atomic E-state index is 13.3. The standard InChI is InChI=1S/C26H26FN5OS2/c1-17-4-12-22(13-5-17)32-24(30-31-26(32)35-16-19-6-8-20(27)9-7-19)18(2)28-25(33)29-21-10-14-23(34-3)15-11-21/h4-15,18H,16H2,1-3H3,(H2,28,29,33). The van der Waals surface area contributed by atoms with Crippen molar-refractivity contribution < 1.29 is 9.18 Å². The molecule has 4 rings (SSSR count). The van der Waals surface area contributed by atoms with Gasteiger partial charge in [0.05, 0.1) is 6.04 Å². The number of anilines is 1. The van der Waals surface area contributed by atoms with Crippen LogP contribution >= 0.6 is 23.5 Å². The lowest BCUT2D eigenvalue weighted by atomic mass is 10.2. The first kappa shape index (κ1) is 24.8. The summed E-state index contributed by atoms with van der Waals surface area (Å²) >= 11 is 3.15. The van der Waals surface area contributed by atoms with E-state index in [0.717, 1.165) is 21.7 Å². The van der Waals surface area contributed by atoms with Gasteiger partial charge < -0.3 is 10.6 Å². The maximum atomic E-state index is 13.3. The summed E-state index contributed by atoms with van der Waals surface area (Å²) in [6, 6.07) is 21.4. The number of aryl methyl sites for hydroxylation is 1. The van der Waals surface area contributed by atoms with Gasteiger partial charge in [-0.1, -0.05) is 41.6 Å². The van der Waals surface area contributed by atoms with Gasteiger partial charge in [-0.25, -0.2) is 9.18 Å². The third kappa shape index (κ3) is 6.43. The number of nitrogens with one attached hydrogen (secondary N) is 2. The van der Waals surface area contributed by atoms with Crippen LogP contribution in [0.15, 0.2) is 82.8 Å². The number of amides is 2. The van der Waals surface area contributed by atoms with Crippen molar-refractivity contribution in [1.82, 2.24) is 20.1 Å². The van der Waals surface area contributed by atoms with E-state index in [4.69, 9.17) is 0 Å². The van der Waals surface area contributed by atoms with E-state index in [1.54, 1.807) is 23.9 Å². The van der Waals surface area contributed by atoms with Crippen molar-refractivity contribution in [1.29, 1.82) is 0 Å². The lowest BCUT2D eigenvalue weighted by Gasteiger charge is -2.17. The molecule has 0 aliphatic rings. The largest absolute Gasteiger partial charge is 0.328 e. The molecule has 0 aliphatic heterocycles. The molecular formula is C26H26FN5OS2. The number of thioether (sulfide) groups is 2. The summed E-state index contributed by atoms with van der Waals surface area (Å²) in [5, 5.41) is 15.3. The molecule has 0 fully saturated rings. The Hall–Kier alpha value is -3.30. The summed E-state index contributed by atoms with van der Waals surface area (Å²) in [7, 11) is 0. The van der Waals surface area contributed by atoms with Crippen molar-refractivity contribution in [3.63, 3.8) is 0 Å². The minimum Gasteiger partial charge on any atom is -0.328 e.